The van der Waals surface area contributed by atoms with E-state index >= 15 is 0 Å². The van der Waals surface area contributed by atoms with Crippen LogP contribution in [0.15, 0.2) is 60.7 Å². The van der Waals surface area contributed by atoms with E-state index in [9.17, 15) is 4.79 Å². The van der Waals surface area contributed by atoms with Crippen LogP contribution < -0.4 is 9.64 Å². The summed E-state index contributed by atoms with van der Waals surface area (Å²) in [5, 5.41) is 0. The van der Waals surface area contributed by atoms with Crippen LogP contribution in [-0.4, -0.2) is 53.6 Å². The zero-order valence-electron chi connectivity index (χ0n) is 18.8. The molecule has 6 heteroatoms. The molecule has 0 saturated carbocycles. The molecule has 0 spiro atoms. The Hall–Kier alpha value is -3.41. The molecule has 166 valence electrons. The van der Waals surface area contributed by atoms with Crippen LogP contribution in [0.5, 0.6) is 5.75 Å². The van der Waals surface area contributed by atoms with Gasteiger partial charge in [-0.2, -0.15) is 0 Å². The van der Waals surface area contributed by atoms with Crippen molar-refractivity contribution in [3.05, 3.63) is 72.1 Å². The van der Waals surface area contributed by atoms with Crippen molar-refractivity contribution in [3.63, 3.8) is 0 Å². The smallest absolute Gasteiger partial charge is 0.226 e. The Morgan fingerprint density at radius 2 is 1.69 bits per heavy atom. The summed E-state index contributed by atoms with van der Waals surface area (Å²) >= 11 is 0. The molecule has 0 atom stereocenters. The number of hydrogen-bond acceptors (Lipinski definition) is 5. The Balaban J connectivity index is 1.29. The SMILES string of the molecule is CCc1ccc(OCCC(=O)N2CCN(c3cc(-c4ccccc4)nc(C)n3)CC2)cc1. The molecule has 1 aliphatic heterocycles. The molecule has 1 amide bonds. The van der Waals surface area contributed by atoms with Crippen LogP contribution >= 0.6 is 0 Å². The number of piperazine rings is 1. The maximum absolute atomic E-state index is 12.6. The molecule has 1 fully saturated rings. The van der Waals surface area contributed by atoms with Gasteiger partial charge in [0.2, 0.25) is 5.91 Å². The molecule has 0 radical (unpaired) electrons. The van der Waals surface area contributed by atoms with E-state index < -0.39 is 0 Å². The highest BCUT2D eigenvalue weighted by Gasteiger charge is 2.22. The highest BCUT2D eigenvalue weighted by atomic mass is 16.5. The Labute approximate surface area is 189 Å². The second-order valence-corrected chi connectivity index (χ2v) is 7.99. The molecule has 2 heterocycles. The second-order valence-electron chi connectivity index (χ2n) is 7.99. The third-order valence-electron chi connectivity index (χ3n) is 5.77. The number of aromatic nitrogens is 2. The molecule has 2 aromatic carbocycles. The van der Waals surface area contributed by atoms with Gasteiger partial charge in [-0.1, -0.05) is 49.4 Å². The van der Waals surface area contributed by atoms with Crippen molar-refractivity contribution in [2.75, 3.05) is 37.7 Å². The summed E-state index contributed by atoms with van der Waals surface area (Å²) in [7, 11) is 0. The molecule has 0 bridgehead atoms. The van der Waals surface area contributed by atoms with Crippen LogP contribution in [0.2, 0.25) is 0 Å². The lowest BCUT2D eigenvalue weighted by Gasteiger charge is -2.35. The van der Waals surface area contributed by atoms with Crippen LogP contribution in [0.25, 0.3) is 11.3 Å². The lowest BCUT2D eigenvalue weighted by Crippen LogP contribution is -2.49. The van der Waals surface area contributed by atoms with Gasteiger partial charge in [0.05, 0.1) is 18.7 Å². The number of nitrogens with zero attached hydrogens (tertiary/aromatic N) is 4. The van der Waals surface area contributed by atoms with E-state index in [2.05, 4.69) is 46.1 Å². The van der Waals surface area contributed by atoms with Crippen molar-refractivity contribution in [3.8, 4) is 17.0 Å². The van der Waals surface area contributed by atoms with Gasteiger partial charge >= 0.3 is 0 Å². The molecule has 1 saturated heterocycles. The van der Waals surface area contributed by atoms with E-state index in [4.69, 9.17) is 4.74 Å². The highest BCUT2D eigenvalue weighted by molar-refractivity contribution is 5.76. The first kappa shape index (κ1) is 21.8. The number of carbonyl (C=O) groups excluding carboxylic acids is 1. The maximum Gasteiger partial charge on any atom is 0.226 e. The maximum atomic E-state index is 12.6. The largest absolute Gasteiger partial charge is 0.493 e. The van der Waals surface area contributed by atoms with Crippen molar-refractivity contribution >= 4 is 11.7 Å². The zero-order chi connectivity index (χ0) is 22.3. The van der Waals surface area contributed by atoms with E-state index in [1.165, 1.54) is 5.56 Å². The van der Waals surface area contributed by atoms with Gasteiger partial charge in [-0.15, -0.1) is 0 Å². The van der Waals surface area contributed by atoms with Crippen molar-refractivity contribution in [2.45, 2.75) is 26.7 Å². The lowest BCUT2D eigenvalue weighted by atomic mass is 10.1. The molecular weight excluding hydrogens is 400 g/mol. The number of hydrogen-bond donors (Lipinski definition) is 0. The minimum atomic E-state index is 0.138. The van der Waals surface area contributed by atoms with Crippen molar-refractivity contribution < 1.29 is 9.53 Å². The summed E-state index contributed by atoms with van der Waals surface area (Å²) in [5.74, 6) is 2.62. The normalized spacial score (nSPS) is 13.8. The number of amides is 1. The fraction of sp³-hybridized carbons (Fsp3) is 0.346. The predicted molar refractivity (Wildman–Crippen MR) is 127 cm³/mol. The van der Waals surface area contributed by atoms with E-state index in [1.807, 2.05) is 48.2 Å². The molecule has 3 aromatic rings. The Morgan fingerprint density at radius 3 is 2.38 bits per heavy atom. The summed E-state index contributed by atoms with van der Waals surface area (Å²) in [6.07, 6.45) is 1.40. The van der Waals surface area contributed by atoms with Gasteiger partial charge in [-0.3, -0.25) is 4.79 Å². The number of benzene rings is 2. The third-order valence-corrected chi connectivity index (χ3v) is 5.77. The molecule has 0 unspecified atom stereocenters. The molecule has 0 aliphatic carbocycles. The monoisotopic (exact) mass is 430 g/mol. The average molecular weight is 431 g/mol. The first-order chi connectivity index (χ1) is 15.6. The first-order valence-corrected chi connectivity index (χ1v) is 11.3. The molecule has 4 rings (SSSR count). The Morgan fingerprint density at radius 1 is 0.969 bits per heavy atom. The minimum absolute atomic E-state index is 0.138. The first-order valence-electron chi connectivity index (χ1n) is 11.3. The predicted octanol–water partition coefficient (Wildman–Crippen LogP) is 4.13. The van der Waals surface area contributed by atoms with Crippen LogP contribution in [0.4, 0.5) is 5.82 Å². The van der Waals surface area contributed by atoms with Crippen LogP contribution in [0.3, 0.4) is 0 Å². The zero-order valence-corrected chi connectivity index (χ0v) is 18.8. The standard InChI is InChI=1S/C26H30N4O2/c1-3-21-9-11-23(12-10-21)32-18-13-26(31)30-16-14-29(15-17-30)25-19-24(27-20(2)28-25)22-7-5-4-6-8-22/h4-12,19H,3,13-18H2,1-2H3. The van der Waals surface area contributed by atoms with Crippen LogP contribution in [-0.2, 0) is 11.2 Å². The summed E-state index contributed by atoms with van der Waals surface area (Å²) < 4.78 is 5.75. The molecule has 6 nitrogen and oxygen atoms in total. The van der Waals surface area contributed by atoms with Crippen molar-refractivity contribution in [2.24, 2.45) is 0 Å². The number of anilines is 1. The van der Waals surface area contributed by atoms with Gasteiger partial charge in [0.15, 0.2) is 0 Å². The Bertz CT molecular complexity index is 1030. The van der Waals surface area contributed by atoms with Gasteiger partial charge in [-0.05, 0) is 31.0 Å². The van der Waals surface area contributed by atoms with Gasteiger partial charge in [0.1, 0.15) is 17.4 Å². The van der Waals surface area contributed by atoms with E-state index in [0.29, 0.717) is 26.1 Å². The Kier molecular flexibility index (Phi) is 7.00. The van der Waals surface area contributed by atoms with Crippen LogP contribution in [0, 0.1) is 6.92 Å². The second kappa shape index (κ2) is 10.3. The average Bonchev–Trinajstić information content (AvgIpc) is 2.84. The number of rotatable bonds is 7. The molecule has 0 N–H and O–H groups in total. The molecule has 1 aromatic heterocycles. The van der Waals surface area contributed by atoms with Gasteiger partial charge in [0, 0.05) is 37.8 Å². The summed E-state index contributed by atoms with van der Waals surface area (Å²) in [6.45, 7) is 7.34. The fourth-order valence-electron chi connectivity index (χ4n) is 3.89. The number of carbonyl (C=O) groups is 1. The number of ether oxygens (including phenoxy) is 1. The third kappa shape index (κ3) is 5.44. The van der Waals surface area contributed by atoms with Gasteiger partial charge in [0.25, 0.3) is 0 Å². The van der Waals surface area contributed by atoms with Gasteiger partial charge < -0.3 is 14.5 Å². The quantitative estimate of drug-likeness (QED) is 0.564. The van der Waals surface area contributed by atoms with Gasteiger partial charge in [-0.25, -0.2) is 9.97 Å². The lowest BCUT2D eigenvalue weighted by molar-refractivity contribution is -0.132. The molecule has 1 aliphatic rings. The summed E-state index contributed by atoms with van der Waals surface area (Å²) in [6, 6.07) is 20.2. The van der Waals surface area contributed by atoms with E-state index in [0.717, 1.165) is 48.2 Å². The number of aryl methyl sites for hydroxylation is 2. The molecular formula is C26H30N4O2. The van der Waals surface area contributed by atoms with Crippen molar-refractivity contribution in [1.29, 1.82) is 0 Å². The highest BCUT2D eigenvalue weighted by Crippen LogP contribution is 2.23. The minimum Gasteiger partial charge on any atom is -0.493 e. The van der Waals surface area contributed by atoms with Crippen LogP contribution in [0.1, 0.15) is 24.7 Å². The van der Waals surface area contributed by atoms with Crippen molar-refractivity contribution in [1.82, 2.24) is 14.9 Å². The summed E-state index contributed by atoms with van der Waals surface area (Å²) in [4.78, 5) is 26.0. The fourth-order valence-corrected chi connectivity index (χ4v) is 3.89. The topological polar surface area (TPSA) is 58.6 Å². The molecule has 32 heavy (non-hydrogen) atoms. The van der Waals surface area contributed by atoms with E-state index in [1.54, 1.807) is 0 Å². The summed E-state index contributed by atoms with van der Waals surface area (Å²) in [5.41, 5.74) is 3.29. The van der Waals surface area contributed by atoms with E-state index in [-0.39, 0.29) is 5.91 Å².